The van der Waals surface area contributed by atoms with E-state index < -0.39 is 40.8 Å². The summed E-state index contributed by atoms with van der Waals surface area (Å²) in [4.78, 5) is 32.5. The SMILES string of the molecule is C#[N+][C@@]12C(=O)N(c3cc(Cl)cc(Cl)c3)C(=O)[C@@H]1[C@@]2(c1ccc(C#N)cc1)c1ccc(OC(F)(F)F)cc1. The van der Waals surface area contributed by atoms with Gasteiger partial charge in [-0.3, -0.25) is 9.59 Å². The van der Waals surface area contributed by atoms with Crippen LogP contribution >= 0.6 is 23.2 Å². The number of carbonyl (C=O) groups is 2. The number of imide groups is 1. The molecule has 3 atom stereocenters. The number of nitriles is 1. The number of anilines is 1. The van der Waals surface area contributed by atoms with Gasteiger partial charge in [-0.2, -0.15) is 5.26 Å². The van der Waals surface area contributed by atoms with Gasteiger partial charge in [-0.1, -0.05) is 52.3 Å². The molecule has 0 unspecified atom stereocenters. The predicted octanol–water partition coefficient (Wildman–Crippen LogP) is 5.95. The van der Waals surface area contributed by atoms with E-state index in [1.807, 2.05) is 6.07 Å². The molecule has 3 aromatic carbocycles. The largest absolute Gasteiger partial charge is 0.573 e. The molecular formula is C26H13Cl2F3N3O3+. The van der Waals surface area contributed by atoms with Crippen molar-refractivity contribution in [3.63, 3.8) is 0 Å². The first-order valence-corrected chi connectivity index (χ1v) is 11.4. The Morgan fingerprint density at radius 3 is 1.97 bits per heavy atom. The summed E-state index contributed by atoms with van der Waals surface area (Å²) in [5.74, 6) is -3.00. The lowest BCUT2D eigenvalue weighted by atomic mass is 9.81. The van der Waals surface area contributed by atoms with Crippen molar-refractivity contribution >= 4 is 40.7 Å². The van der Waals surface area contributed by atoms with Crippen LogP contribution in [0.25, 0.3) is 4.85 Å². The summed E-state index contributed by atoms with van der Waals surface area (Å²) >= 11 is 12.2. The van der Waals surface area contributed by atoms with Crippen molar-refractivity contribution in [3.8, 4) is 18.4 Å². The van der Waals surface area contributed by atoms with Crippen molar-refractivity contribution in [2.45, 2.75) is 17.3 Å². The minimum Gasteiger partial charge on any atom is -0.406 e. The summed E-state index contributed by atoms with van der Waals surface area (Å²) in [5.41, 5.74) is -2.05. The highest BCUT2D eigenvalue weighted by Crippen LogP contribution is 2.73. The molecule has 0 bridgehead atoms. The Bertz CT molecular complexity index is 1520. The maximum Gasteiger partial charge on any atom is 0.573 e. The van der Waals surface area contributed by atoms with E-state index in [1.54, 1.807) is 12.1 Å². The first kappa shape index (κ1) is 24.6. The van der Waals surface area contributed by atoms with Gasteiger partial charge >= 0.3 is 17.8 Å². The molecule has 0 radical (unpaired) electrons. The summed E-state index contributed by atoms with van der Waals surface area (Å²) in [5, 5.41) is 9.60. The molecule has 0 spiro atoms. The molecule has 2 aliphatic rings. The maximum atomic E-state index is 13.9. The highest BCUT2D eigenvalue weighted by atomic mass is 35.5. The maximum absolute atomic E-state index is 13.9. The molecule has 1 aliphatic carbocycles. The highest BCUT2D eigenvalue weighted by Gasteiger charge is 2.99. The second-order valence-electron chi connectivity index (χ2n) is 8.50. The van der Waals surface area contributed by atoms with Gasteiger partial charge in [0.1, 0.15) is 11.2 Å². The van der Waals surface area contributed by atoms with E-state index in [0.717, 1.165) is 17.0 Å². The molecule has 2 amide bonds. The molecule has 5 rings (SSSR count). The first-order chi connectivity index (χ1) is 17.5. The van der Waals surface area contributed by atoms with Crippen molar-refractivity contribution in [1.82, 2.24) is 0 Å². The zero-order chi connectivity index (χ0) is 26.8. The van der Waals surface area contributed by atoms with Crippen molar-refractivity contribution in [2.75, 3.05) is 4.90 Å². The molecule has 11 heteroatoms. The van der Waals surface area contributed by atoms with Crippen LogP contribution < -0.4 is 9.64 Å². The van der Waals surface area contributed by atoms with E-state index in [2.05, 4.69) is 9.58 Å². The number of amides is 2. The molecule has 184 valence electrons. The molecule has 1 saturated carbocycles. The van der Waals surface area contributed by atoms with Crippen LogP contribution in [0, 0.1) is 23.8 Å². The fourth-order valence-corrected chi connectivity index (χ4v) is 5.84. The topological polar surface area (TPSA) is 74.8 Å². The summed E-state index contributed by atoms with van der Waals surface area (Å²) < 4.78 is 42.1. The van der Waals surface area contributed by atoms with E-state index in [-0.39, 0.29) is 15.7 Å². The molecule has 6 nitrogen and oxygen atoms in total. The Kier molecular flexibility index (Phi) is 5.49. The summed E-state index contributed by atoms with van der Waals surface area (Å²) in [6, 6.07) is 17.1. The van der Waals surface area contributed by atoms with Gasteiger partial charge in [0.25, 0.3) is 6.57 Å². The van der Waals surface area contributed by atoms with Crippen LogP contribution in [-0.4, -0.2) is 23.7 Å². The second kappa shape index (κ2) is 8.24. The van der Waals surface area contributed by atoms with Gasteiger partial charge in [0.15, 0.2) is 5.92 Å². The monoisotopic (exact) mass is 542 g/mol. The molecule has 1 aliphatic heterocycles. The van der Waals surface area contributed by atoms with Crippen LogP contribution in [0.3, 0.4) is 0 Å². The van der Waals surface area contributed by atoms with Gasteiger partial charge in [-0.15, -0.1) is 13.2 Å². The van der Waals surface area contributed by atoms with E-state index in [0.29, 0.717) is 16.7 Å². The third-order valence-electron chi connectivity index (χ3n) is 6.69. The number of benzene rings is 3. The number of alkyl halides is 3. The second-order valence-corrected chi connectivity index (χ2v) is 9.38. The van der Waals surface area contributed by atoms with E-state index >= 15 is 0 Å². The fourth-order valence-electron chi connectivity index (χ4n) is 5.33. The molecule has 1 heterocycles. The van der Waals surface area contributed by atoms with Crippen LogP contribution in [0.15, 0.2) is 66.7 Å². The van der Waals surface area contributed by atoms with Crippen LogP contribution in [0.4, 0.5) is 18.9 Å². The summed E-state index contributed by atoms with van der Waals surface area (Å²) in [6.45, 7) is 5.83. The Balaban J connectivity index is 1.67. The third kappa shape index (κ3) is 3.46. The number of ether oxygens (including phenoxy) is 1. The minimum atomic E-state index is -4.90. The number of hydrogen-bond acceptors (Lipinski definition) is 4. The van der Waals surface area contributed by atoms with Crippen LogP contribution in [0.2, 0.25) is 10.0 Å². The van der Waals surface area contributed by atoms with Gasteiger partial charge in [-0.05, 0) is 53.6 Å². The number of nitrogens with zero attached hydrogens (tertiary/aromatic N) is 3. The van der Waals surface area contributed by atoms with Crippen molar-refractivity contribution in [1.29, 1.82) is 5.26 Å². The number of hydrogen-bond donors (Lipinski definition) is 0. The molecule has 1 saturated heterocycles. The standard InChI is InChI=1S/C26H13Cl2F3N3O3/c1-33-25-21(22(35)34(23(25)36)19-11-17(27)10-18(28)12-19)24(25,15-4-2-14(13-32)3-5-15)16-6-8-20(9-7-16)37-26(29,30)31/h1-12,21H/q+1/t21-,24-,25-/m1/s1. The zero-order valence-electron chi connectivity index (χ0n) is 18.5. The van der Waals surface area contributed by atoms with Gasteiger partial charge in [0.2, 0.25) is 5.91 Å². The minimum absolute atomic E-state index is 0.130. The molecule has 37 heavy (non-hydrogen) atoms. The van der Waals surface area contributed by atoms with Crippen molar-refractivity contribution in [2.24, 2.45) is 5.92 Å². The average molecular weight is 543 g/mol. The van der Waals surface area contributed by atoms with Crippen LogP contribution in [0.5, 0.6) is 5.75 Å². The Hall–Kier alpha value is -4.05. The van der Waals surface area contributed by atoms with Crippen molar-refractivity contribution in [3.05, 3.63) is 98.3 Å². The smallest absolute Gasteiger partial charge is 0.406 e. The summed E-state index contributed by atoms with van der Waals surface area (Å²) in [7, 11) is 0. The first-order valence-electron chi connectivity index (χ1n) is 10.6. The van der Waals surface area contributed by atoms with Crippen molar-refractivity contribution < 1.29 is 27.5 Å². The Labute approximate surface area is 218 Å². The van der Waals surface area contributed by atoms with E-state index in [4.69, 9.17) is 29.8 Å². The zero-order valence-corrected chi connectivity index (χ0v) is 20.0. The number of fused-ring (bicyclic) bond motifs is 1. The lowest BCUT2D eigenvalue weighted by molar-refractivity contribution is -0.274. The lowest BCUT2D eigenvalue weighted by Gasteiger charge is -2.25. The fraction of sp³-hybridized carbons (Fsp3) is 0.154. The quantitative estimate of drug-likeness (QED) is 0.381. The highest BCUT2D eigenvalue weighted by molar-refractivity contribution is 6.37. The molecular weight excluding hydrogens is 530 g/mol. The molecule has 3 aromatic rings. The van der Waals surface area contributed by atoms with Gasteiger partial charge in [0, 0.05) is 10.0 Å². The number of rotatable bonds is 4. The van der Waals surface area contributed by atoms with Gasteiger partial charge in [-0.25, -0.2) is 4.90 Å². The molecule has 2 fully saturated rings. The lowest BCUT2D eigenvalue weighted by Crippen LogP contribution is -2.44. The molecule has 0 N–H and O–H groups in total. The van der Waals surface area contributed by atoms with Gasteiger partial charge < -0.3 is 4.74 Å². The Morgan fingerprint density at radius 2 is 1.51 bits per heavy atom. The van der Waals surface area contributed by atoms with Gasteiger partial charge in [0.05, 0.1) is 17.3 Å². The van der Waals surface area contributed by atoms with E-state index in [1.165, 1.54) is 42.5 Å². The van der Waals surface area contributed by atoms with E-state index in [9.17, 15) is 28.0 Å². The predicted molar refractivity (Wildman–Crippen MR) is 129 cm³/mol. The number of carbonyl (C=O) groups excluding carboxylic acids is 2. The van der Waals surface area contributed by atoms with Crippen LogP contribution in [0.1, 0.15) is 16.7 Å². The normalized spacial score (nSPS) is 24.3. The third-order valence-corrected chi connectivity index (χ3v) is 7.12. The number of piperidine rings is 1. The average Bonchev–Trinajstić information content (AvgIpc) is 3.41. The summed E-state index contributed by atoms with van der Waals surface area (Å²) in [6.07, 6.45) is -4.90. The Morgan fingerprint density at radius 1 is 0.973 bits per heavy atom. The number of halogens is 5. The molecule has 0 aromatic heterocycles. The van der Waals surface area contributed by atoms with Crippen LogP contribution in [-0.2, 0) is 15.0 Å².